The molecule has 0 spiro atoms. The number of likely N-dealkylation sites (tertiary alicyclic amines) is 1. The monoisotopic (exact) mass is 255 g/mol. The van der Waals surface area contributed by atoms with Crippen molar-refractivity contribution in [2.45, 2.75) is 57.9 Å². The summed E-state index contributed by atoms with van der Waals surface area (Å²) in [5.41, 5.74) is 0.0996. The fourth-order valence-electron chi connectivity index (χ4n) is 4.01. The maximum absolute atomic E-state index is 9.86. The van der Waals surface area contributed by atoms with E-state index in [0.717, 1.165) is 38.3 Å². The van der Waals surface area contributed by atoms with Gasteiger partial charge < -0.3 is 10.2 Å². The highest BCUT2D eigenvalue weighted by molar-refractivity contribution is 4.90. The van der Waals surface area contributed by atoms with Crippen LogP contribution in [0, 0.1) is 11.3 Å². The zero-order chi connectivity index (χ0) is 13.0. The minimum atomic E-state index is 0.0996. The maximum atomic E-state index is 9.86. The molecule has 2 fully saturated rings. The second kappa shape index (κ2) is 6.36. The molecule has 2 rings (SSSR count). The molecule has 3 nitrogen and oxygen atoms in total. The van der Waals surface area contributed by atoms with E-state index in [0.29, 0.717) is 12.6 Å². The Morgan fingerprint density at radius 2 is 2.00 bits per heavy atom. The molecule has 1 saturated carbocycles. The first-order valence-electron chi connectivity index (χ1n) is 7.65. The molecule has 2 N–H and O–H groups in total. The average molecular weight is 255 g/mol. The molecular weight excluding hydrogens is 226 g/mol. The molecule has 1 heterocycles. The van der Waals surface area contributed by atoms with E-state index in [4.69, 9.17) is 0 Å². The second-order valence-corrected chi connectivity index (χ2v) is 6.66. The van der Waals surface area contributed by atoms with E-state index < -0.39 is 0 Å². The molecule has 0 bridgehead atoms. The Labute approximate surface area is 111 Å². The van der Waals surface area contributed by atoms with Gasteiger partial charge in [0, 0.05) is 24.6 Å². The average Bonchev–Trinajstić information content (AvgIpc) is 2.39. The molecule has 18 heavy (non-hydrogen) atoms. The Morgan fingerprint density at radius 3 is 2.67 bits per heavy atom. The lowest BCUT2D eigenvalue weighted by Gasteiger charge is -2.45. The molecule has 106 valence electrons. The Bertz CT molecular complexity index is 259. The molecule has 1 aliphatic heterocycles. The highest BCUT2D eigenvalue weighted by atomic mass is 16.3. The summed E-state index contributed by atoms with van der Waals surface area (Å²) in [6.07, 6.45) is 8.47. The molecule has 0 aromatic rings. The van der Waals surface area contributed by atoms with Gasteiger partial charge in [-0.25, -0.2) is 0 Å². The minimum absolute atomic E-state index is 0.0996. The lowest BCUT2D eigenvalue weighted by atomic mass is 9.70. The van der Waals surface area contributed by atoms with Crippen molar-refractivity contribution < 1.29 is 10.2 Å². The van der Waals surface area contributed by atoms with Crippen LogP contribution in [0.5, 0.6) is 0 Å². The number of hydrogen-bond donors (Lipinski definition) is 2. The number of aliphatic hydroxyl groups is 2. The van der Waals surface area contributed by atoms with Crippen LogP contribution in [0.25, 0.3) is 0 Å². The zero-order valence-electron chi connectivity index (χ0n) is 11.8. The number of aliphatic hydroxyl groups excluding tert-OH is 2. The third kappa shape index (κ3) is 3.25. The van der Waals surface area contributed by atoms with E-state index in [9.17, 15) is 10.2 Å². The van der Waals surface area contributed by atoms with Gasteiger partial charge in [-0.1, -0.05) is 26.2 Å². The minimum Gasteiger partial charge on any atom is -0.396 e. The van der Waals surface area contributed by atoms with E-state index in [1.807, 2.05) is 0 Å². The van der Waals surface area contributed by atoms with Crippen molar-refractivity contribution in [2.75, 3.05) is 26.3 Å². The third-order valence-corrected chi connectivity index (χ3v) is 5.02. The number of hydrogen-bond acceptors (Lipinski definition) is 3. The van der Waals surface area contributed by atoms with E-state index in [2.05, 4.69) is 11.8 Å². The summed E-state index contributed by atoms with van der Waals surface area (Å²) >= 11 is 0. The van der Waals surface area contributed by atoms with E-state index in [1.165, 1.54) is 25.7 Å². The van der Waals surface area contributed by atoms with Gasteiger partial charge in [-0.2, -0.15) is 0 Å². The molecule has 0 aromatic carbocycles. The van der Waals surface area contributed by atoms with Crippen LogP contribution in [0.3, 0.4) is 0 Å². The van der Waals surface area contributed by atoms with Crippen LogP contribution in [0.4, 0.5) is 0 Å². The third-order valence-electron chi connectivity index (χ3n) is 5.02. The maximum Gasteiger partial charge on any atom is 0.0586 e. The first kappa shape index (κ1) is 14.3. The highest BCUT2D eigenvalue weighted by Crippen LogP contribution is 2.40. The van der Waals surface area contributed by atoms with Crippen molar-refractivity contribution >= 4 is 0 Å². The van der Waals surface area contributed by atoms with E-state index >= 15 is 0 Å². The Balaban J connectivity index is 1.99. The summed E-state index contributed by atoms with van der Waals surface area (Å²) in [7, 11) is 0. The standard InChI is InChI=1S/C15H29NO2/c1-13-5-4-7-15(9-13,12-18)11-16-8-3-2-6-14(16)10-17/h13-14,17-18H,2-12H2,1H3. The van der Waals surface area contributed by atoms with Crippen LogP contribution in [0.1, 0.15) is 51.9 Å². The van der Waals surface area contributed by atoms with Gasteiger partial charge in [0.25, 0.3) is 0 Å². The lowest BCUT2D eigenvalue weighted by molar-refractivity contribution is -0.00962. The Morgan fingerprint density at radius 1 is 1.17 bits per heavy atom. The number of rotatable bonds is 4. The largest absolute Gasteiger partial charge is 0.396 e. The molecule has 2 aliphatic rings. The van der Waals surface area contributed by atoms with Crippen molar-refractivity contribution in [1.29, 1.82) is 0 Å². The molecule has 1 aliphatic carbocycles. The quantitative estimate of drug-likeness (QED) is 0.808. The SMILES string of the molecule is CC1CCCC(CO)(CN2CCCCC2CO)C1. The van der Waals surface area contributed by atoms with Crippen LogP contribution in [0.15, 0.2) is 0 Å². The highest BCUT2D eigenvalue weighted by Gasteiger charge is 2.37. The van der Waals surface area contributed by atoms with Crippen LogP contribution in [-0.2, 0) is 0 Å². The summed E-state index contributed by atoms with van der Waals surface area (Å²) in [5, 5.41) is 19.4. The molecule has 3 atom stereocenters. The van der Waals surface area contributed by atoms with Gasteiger partial charge in [-0.05, 0) is 38.1 Å². The van der Waals surface area contributed by atoms with Crippen molar-refractivity contribution in [3.05, 3.63) is 0 Å². The molecule has 0 radical (unpaired) electrons. The molecular formula is C15H29NO2. The molecule has 3 unspecified atom stereocenters. The van der Waals surface area contributed by atoms with Crippen molar-refractivity contribution in [2.24, 2.45) is 11.3 Å². The van der Waals surface area contributed by atoms with Gasteiger partial charge >= 0.3 is 0 Å². The van der Waals surface area contributed by atoms with Crippen LogP contribution in [0.2, 0.25) is 0 Å². The summed E-state index contributed by atoms with van der Waals surface area (Å²) < 4.78 is 0. The van der Waals surface area contributed by atoms with Crippen molar-refractivity contribution in [3.63, 3.8) is 0 Å². The van der Waals surface area contributed by atoms with Gasteiger partial charge in [-0.15, -0.1) is 0 Å². The summed E-state index contributed by atoms with van der Waals surface area (Å²) in [6.45, 7) is 4.98. The smallest absolute Gasteiger partial charge is 0.0586 e. The zero-order valence-corrected chi connectivity index (χ0v) is 11.8. The summed E-state index contributed by atoms with van der Waals surface area (Å²) in [5.74, 6) is 0.739. The van der Waals surface area contributed by atoms with Crippen molar-refractivity contribution in [1.82, 2.24) is 4.90 Å². The van der Waals surface area contributed by atoms with Crippen LogP contribution >= 0.6 is 0 Å². The van der Waals surface area contributed by atoms with Crippen LogP contribution in [-0.4, -0.2) is 47.5 Å². The summed E-state index contributed by atoms with van der Waals surface area (Å²) in [6, 6.07) is 0.333. The summed E-state index contributed by atoms with van der Waals surface area (Å²) in [4.78, 5) is 2.44. The fraction of sp³-hybridized carbons (Fsp3) is 1.00. The van der Waals surface area contributed by atoms with Gasteiger partial charge in [0.05, 0.1) is 6.61 Å². The first-order chi connectivity index (χ1) is 8.69. The Hall–Kier alpha value is -0.120. The topological polar surface area (TPSA) is 43.7 Å². The van der Waals surface area contributed by atoms with Crippen LogP contribution < -0.4 is 0 Å². The lowest BCUT2D eigenvalue weighted by Crippen LogP contribution is -2.50. The van der Waals surface area contributed by atoms with Gasteiger partial charge in [0.1, 0.15) is 0 Å². The second-order valence-electron chi connectivity index (χ2n) is 6.66. The van der Waals surface area contributed by atoms with Gasteiger partial charge in [-0.3, -0.25) is 4.90 Å². The molecule has 0 amide bonds. The molecule has 0 aromatic heterocycles. The van der Waals surface area contributed by atoms with E-state index in [-0.39, 0.29) is 12.0 Å². The Kier molecular flexibility index (Phi) is 5.05. The fourth-order valence-corrected chi connectivity index (χ4v) is 4.01. The molecule has 1 saturated heterocycles. The first-order valence-corrected chi connectivity index (χ1v) is 7.65. The van der Waals surface area contributed by atoms with Crippen molar-refractivity contribution in [3.8, 4) is 0 Å². The number of nitrogens with zero attached hydrogens (tertiary/aromatic N) is 1. The van der Waals surface area contributed by atoms with Gasteiger partial charge in [0.15, 0.2) is 0 Å². The normalized spacial score (nSPS) is 38.8. The predicted octanol–water partition coefficient (Wildman–Crippen LogP) is 2.02. The van der Waals surface area contributed by atoms with E-state index in [1.54, 1.807) is 0 Å². The predicted molar refractivity (Wildman–Crippen MR) is 73.4 cm³/mol. The molecule has 3 heteroatoms. The van der Waals surface area contributed by atoms with Gasteiger partial charge in [0.2, 0.25) is 0 Å². The number of piperidine rings is 1.